The molecule has 2 heteroatoms. The van der Waals surface area contributed by atoms with Crippen molar-refractivity contribution < 1.29 is 0 Å². The largest absolute Gasteiger partial charge is 0.302 e. The lowest BCUT2D eigenvalue weighted by molar-refractivity contribution is 0.279. The van der Waals surface area contributed by atoms with Crippen molar-refractivity contribution in [2.75, 3.05) is 6.54 Å². The number of hydrogen-bond donors (Lipinski definition) is 2. The van der Waals surface area contributed by atoms with Crippen LogP contribution in [0.1, 0.15) is 60.3 Å². The van der Waals surface area contributed by atoms with E-state index in [1.807, 2.05) is 0 Å². The van der Waals surface area contributed by atoms with Crippen LogP contribution >= 0.6 is 0 Å². The van der Waals surface area contributed by atoms with E-state index in [-0.39, 0.29) is 5.54 Å². The van der Waals surface area contributed by atoms with Crippen molar-refractivity contribution in [2.24, 2.45) is 0 Å². The molecule has 0 saturated carbocycles. The van der Waals surface area contributed by atoms with Gasteiger partial charge in [-0.1, -0.05) is 33.6 Å². The van der Waals surface area contributed by atoms with E-state index >= 15 is 0 Å². The van der Waals surface area contributed by atoms with Crippen LogP contribution < -0.4 is 10.6 Å². The minimum absolute atomic E-state index is 0.251. The van der Waals surface area contributed by atoms with Crippen LogP contribution in [-0.2, 0) is 0 Å². The van der Waals surface area contributed by atoms with Crippen molar-refractivity contribution in [2.45, 2.75) is 72.0 Å². The van der Waals surface area contributed by atoms with E-state index in [4.69, 9.17) is 0 Å². The Morgan fingerprint density at radius 1 is 1.14 bits per heavy atom. The summed E-state index contributed by atoms with van der Waals surface area (Å²) in [6.45, 7) is 12.2. The highest BCUT2D eigenvalue weighted by Gasteiger charge is 2.18. The first-order valence-corrected chi connectivity index (χ1v) is 6.06. The summed E-state index contributed by atoms with van der Waals surface area (Å²) < 4.78 is 0. The first-order valence-electron chi connectivity index (χ1n) is 6.06. The summed E-state index contributed by atoms with van der Waals surface area (Å²) in [7, 11) is 0. The number of hydrogen-bond acceptors (Lipinski definition) is 2. The highest BCUT2D eigenvalue weighted by Crippen LogP contribution is 2.10. The molecule has 1 atom stereocenters. The van der Waals surface area contributed by atoms with Crippen LogP contribution in [0.2, 0.25) is 0 Å². The predicted molar refractivity (Wildman–Crippen MR) is 64.5 cm³/mol. The van der Waals surface area contributed by atoms with Gasteiger partial charge in [0.05, 0.1) is 6.17 Å². The van der Waals surface area contributed by atoms with E-state index in [0.29, 0.717) is 6.17 Å². The van der Waals surface area contributed by atoms with Crippen LogP contribution in [0.15, 0.2) is 0 Å². The summed E-state index contributed by atoms with van der Waals surface area (Å²) in [6, 6.07) is 0. The molecule has 0 amide bonds. The summed E-state index contributed by atoms with van der Waals surface area (Å²) >= 11 is 0. The van der Waals surface area contributed by atoms with Crippen molar-refractivity contribution >= 4 is 0 Å². The third kappa shape index (κ3) is 6.39. The molecule has 1 unspecified atom stereocenters. The average Bonchev–Trinajstić information content (AvgIpc) is 2.14. The van der Waals surface area contributed by atoms with Gasteiger partial charge in [0.2, 0.25) is 0 Å². The molecule has 86 valence electrons. The minimum Gasteiger partial charge on any atom is -0.302 e. The molecule has 0 aliphatic carbocycles. The van der Waals surface area contributed by atoms with Gasteiger partial charge in [-0.2, -0.15) is 0 Å². The van der Waals surface area contributed by atoms with Crippen LogP contribution in [0.3, 0.4) is 0 Å². The van der Waals surface area contributed by atoms with Gasteiger partial charge in [-0.3, -0.25) is 5.32 Å². The molecular weight excluding hydrogens is 172 g/mol. The normalized spacial score (nSPS) is 14.4. The Morgan fingerprint density at radius 3 is 2.21 bits per heavy atom. The lowest BCUT2D eigenvalue weighted by atomic mass is 10.0. The van der Waals surface area contributed by atoms with Crippen molar-refractivity contribution in [3.05, 3.63) is 0 Å². The van der Waals surface area contributed by atoms with Crippen LogP contribution in [-0.4, -0.2) is 18.2 Å². The Bertz CT molecular complexity index is 132. The quantitative estimate of drug-likeness (QED) is 0.589. The zero-order valence-electron chi connectivity index (χ0n) is 10.6. The second-order valence-electron chi connectivity index (χ2n) is 4.63. The Hall–Kier alpha value is -0.0800. The smallest absolute Gasteiger partial charge is 0.0575 e. The molecule has 0 heterocycles. The fourth-order valence-corrected chi connectivity index (χ4v) is 1.45. The molecule has 0 bridgehead atoms. The lowest BCUT2D eigenvalue weighted by Crippen LogP contribution is -2.52. The fourth-order valence-electron chi connectivity index (χ4n) is 1.45. The summed E-state index contributed by atoms with van der Waals surface area (Å²) in [5.74, 6) is 0. The van der Waals surface area contributed by atoms with E-state index in [0.717, 1.165) is 6.54 Å². The highest BCUT2D eigenvalue weighted by atomic mass is 15.1. The van der Waals surface area contributed by atoms with Crippen LogP contribution in [0, 0.1) is 0 Å². The van der Waals surface area contributed by atoms with E-state index in [9.17, 15) is 0 Å². The molecule has 2 nitrogen and oxygen atoms in total. The van der Waals surface area contributed by atoms with Gasteiger partial charge in [0, 0.05) is 5.54 Å². The standard InChI is InChI=1S/C12H28N2/c1-6-9-10-11(13-8-3)14-12(4,5)7-2/h11,13-14H,6-10H2,1-5H3. The monoisotopic (exact) mass is 200 g/mol. The molecule has 0 aromatic carbocycles. The van der Waals surface area contributed by atoms with Gasteiger partial charge in [0.25, 0.3) is 0 Å². The zero-order chi connectivity index (χ0) is 11.0. The van der Waals surface area contributed by atoms with Crippen molar-refractivity contribution in [1.29, 1.82) is 0 Å². The maximum atomic E-state index is 3.67. The molecule has 0 spiro atoms. The molecule has 0 rings (SSSR count). The molecule has 0 aromatic rings. The molecule has 0 radical (unpaired) electrons. The SMILES string of the molecule is CCCCC(NCC)NC(C)(C)CC. The summed E-state index contributed by atoms with van der Waals surface area (Å²) in [5, 5.41) is 7.16. The first-order chi connectivity index (χ1) is 6.55. The van der Waals surface area contributed by atoms with Gasteiger partial charge in [0.1, 0.15) is 0 Å². The zero-order valence-corrected chi connectivity index (χ0v) is 10.6. The van der Waals surface area contributed by atoms with Crippen molar-refractivity contribution in [3.63, 3.8) is 0 Å². The summed E-state index contributed by atoms with van der Waals surface area (Å²) in [4.78, 5) is 0. The Morgan fingerprint density at radius 2 is 1.79 bits per heavy atom. The van der Waals surface area contributed by atoms with E-state index in [1.165, 1.54) is 25.7 Å². The van der Waals surface area contributed by atoms with Gasteiger partial charge >= 0.3 is 0 Å². The summed E-state index contributed by atoms with van der Waals surface area (Å²) in [6.07, 6.45) is 5.45. The second kappa shape index (κ2) is 7.24. The van der Waals surface area contributed by atoms with Crippen molar-refractivity contribution in [1.82, 2.24) is 10.6 Å². The molecule has 2 N–H and O–H groups in total. The Labute approximate surface area is 89.9 Å². The maximum absolute atomic E-state index is 3.67. The number of nitrogens with one attached hydrogen (secondary N) is 2. The van der Waals surface area contributed by atoms with Gasteiger partial charge in [-0.25, -0.2) is 0 Å². The molecule has 0 aliphatic heterocycles. The first kappa shape index (κ1) is 13.9. The molecule has 14 heavy (non-hydrogen) atoms. The van der Waals surface area contributed by atoms with Gasteiger partial charge < -0.3 is 5.32 Å². The van der Waals surface area contributed by atoms with E-state index in [1.54, 1.807) is 0 Å². The maximum Gasteiger partial charge on any atom is 0.0575 e. The third-order valence-corrected chi connectivity index (χ3v) is 2.75. The van der Waals surface area contributed by atoms with E-state index in [2.05, 4.69) is 45.3 Å². The third-order valence-electron chi connectivity index (χ3n) is 2.75. The minimum atomic E-state index is 0.251. The Kier molecular flexibility index (Phi) is 7.20. The van der Waals surface area contributed by atoms with Crippen LogP contribution in [0.25, 0.3) is 0 Å². The number of unbranched alkanes of at least 4 members (excludes halogenated alkanes) is 1. The van der Waals surface area contributed by atoms with Gasteiger partial charge in [-0.15, -0.1) is 0 Å². The van der Waals surface area contributed by atoms with Crippen LogP contribution in [0.4, 0.5) is 0 Å². The van der Waals surface area contributed by atoms with Crippen LogP contribution in [0.5, 0.6) is 0 Å². The van der Waals surface area contributed by atoms with Gasteiger partial charge in [-0.05, 0) is 33.2 Å². The number of rotatable bonds is 8. The van der Waals surface area contributed by atoms with Crippen molar-refractivity contribution in [3.8, 4) is 0 Å². The lowest BCUT2D eigenvalue weighted by Gasteiger charge is -2.31. The topological polar surface area (TPSA) is 24.1 Å². The van der Waals surface area contributed by atoms with Gasteiger partial charge in [0.15, 0.2) is 0 Å². The molecule has 0 fully saturated rings. The fraction of sp³-hybridized carbons (Fsp3) is 1.00. The summed E-state index contributed by atoms with van der Waals surface area (Å²) in [5.41, 5.74) is 0.251. The Balaban J connectivity index is 3.94. The molecule has 0 aromatic heterocycles. The average molecular weight is 200 g/mol. The van der Waals surface area contributed by atoms with E-state index < -0.39 is 0 Å². The molecule has 0 saturated heterocycles. The molecular formula is C12H28N2. The predicted octanol–water partition coefficient (Wildman–Crippen LogP) is 2.89. The second-order valence-corrected chi connectivity index (χ2v) is 4.63. The molecule has 0 aliphatic rings. The highest BCUT2D eigenvalue weighted by molar-refractivity contribution is 4.79.